The lowest BCUT2D eigenvalue weighted by atomic mass is 10.1. The molecular formula is C21H21N3O4. The predicted molar refractivity (Wildman–Crippen MR) is 103 cm³/mol. The highest BCUT2D eigenvalue weighted by atomic mass is 16.5. The van der Waals surface area contributed by atoms with Crippen LogP contribution < -0.4 is 4.74 Å². The minimum atomic E-state index is -0.952. The molecule has 0 saturated carbocycles. The zero-order valence-corrected chi connectivity index (χ0v) is 16.0. The maximum absolute atomic E-state index is 12.5. The summed E-state index contributed by atoms with van der Waals surface area (Å²) in [5, 5.41) is 8.45. The maximum Gasteiger partial charge on any atom is 0.361 e. The maximum atomic E-state index is 12.5. The molecule has 0 fully saturated rings. The van der Waals surface area contributed by atoms with Crippen molar-refractivity contribution >= 4 is 11.8 Å². The van der Waals surface area contributed by atoms with E-state index >= 15 is 0 Å². The molecule has 0 bridgehead atoms. The fourth-order valence-electron chi connectivity index (χ4n) is 2.63. The van der Waals surface area contributed by atoms with E-state index in [0.717, 1.165) is 5.69 Å². The first-order valence-electron chi connectivity index (χ1n) is 8.97. The van der Waals surface area contributed by atoms with Crippen molar-refractivity contribution in [3.63, 3.8) is 0 Å². The summed E-state index contributed by atoms with van der Waals surface area (Å²) < 4.78 is 10.7. The highest BCUT2D eigenvalue weighted by Crippen LogP contribution is 2.16. The van der Waals surface area contributed by atoms with Crippen molar-refractivity contribution in [2.75, 3.05) is 6.61 Å². The zero-order chi connectivity index (χ0) is 20.1. The molecule has 0 amide bonds. The van der Waals surface area contributed by atoms with Gasteiger partial charge in [-0.15, -0.1) is 5.10 Å². The van der Waals surface area contributed by atoms with Crippen LogP contribution in [0, 0.1) is 6.92 Å². The first kappa shape index (κ1) is 19.3. The van der Waals surface area contributed by atoms with Crippen molar-refractivity contribution in [3.05, 3.63) is 71.5 Å². The first-order chi connectivity index (χ1) is 13.5. The third-order valence-corrected chi connectivity index (χ3v) is 4.07. The topological polar surface area (TPSA) is 83.3 Å². The SMILES string of the molecule is CCOc1ccc(C(=O)[C@H](C)OC(=O)c2nn(-c3ccccc3)nc2C)cc1. The number of carbonyl (C=O) groups excluding carboxylic acids is 2. The van der Waals surface area contributed by atoms with E-state index in [0.29, 0.717) is 23.6 Å². The lowest BCUT2D eigenvalue weighted by molar-refractivity contribution is 0.0312. The van der Waals surface area contributed by atoms with E-state index in [1.165, 1.54) is 11.7 Å². The van der Waals surface area contributed by atoms with Gasteiger partial charge in [-0.05, 0) is 57.2 Å². The van der Waals surface area contributed by atoms with Crippen LogP contribution in [0.3, 0.4) is 0 Å². The number of ether oxygens (including phenoxy) is 2. The molecule has 0 aliphatic heterocycles. The van der Waals surface area contributed by atoms with E-state index in [-0.39, 0.29) is 11.5 Å². The second kappa shape index (κ2) is 8.47. The van der Waals surface area contributed by atoms with Gasteiger partial charge in [0.1, 0.15) is 5.75 Å². The summed E-state index contributed by atoms with van der Waals surface area (Å²) in [6.07, 6.45) is -0.952. The Labute approximate surface area is 162 Å². The fraction of sp³-hybridized carbons (Fsp3) is 0.238. The monoisotopic (exact) mass is 379 g/mol. The molecule has 0 N–H and O–H groups in total. The quantitative estimate of drug-likeness (QED) is 0.462. The van der Waals surface area contributed by atoms with Crippen LogP contribution in [0.15, 0.2) is 54.6 Å². The third kappa shape index (κ3) is 4.25. The molecule has 144 valence electrons. The first-order valence-corrected chi connectivity index (χ1v) is 8.97. The molecule has 0 spiro atoms. The van der Waals surface area contributed by atoms with Crippen LogP contribution in [0.2, 0.25) is 0 Å². The van der Waals surface area contributed by atoms with Crippen LogP contribution in [0.25, 0.3) is 5.69 Å². The molecule has 3 aromatic rings. The molecule has 0 unspecified atom stereocenters. The number of Topliss-reactive ketones (excluding diaryl/α,β-unsaturated/α-hetero) is 1. The highest BCUT2D eigenvalue weighted by molar-refractivity contribution is 6.01. The Morgan fingerprint density at radius 2 is 1.71 bits per heavy atom. The van der Waals surface area contributed by atoms with Crippen LogP contribution in [0.1, 0.15) is 40.4 Å². The van der Waals surface area contributed by atoms with E-state index in [4.69, 9.17) is 9.47 Å². The summed E-state index contributed by atoms with van der Waals surface area (Å²) in [6, 6.07) is 15.9. The summed E-state index contributed by atoms with van der Waals surface area (Å²) >= 11 is 0. The molecule has 7 nitrogen and oxygen atoms in total. The Morgan fingerprint density at radius 1 is 1.04 bits per heavy atom. The van der Waals surface area contributed by atoms with Gasteiger partial charge in [-0.3, -0.25) is 4.79 Å². The molecule has 0 aliphatic carbocycles. The number of esters is 1. The lowest BCUT2D eigenvalue weighted by Gasteiger charge is -2.12. The van der Waals surface area contributed by atoms with Gasteiger partial charge < -0.3 is 9.47 Å². The Balaban J connectivity index is 1.70. The van der Waals surface area contributed by atoms with E-state index < -0.39 is 12.1 Å². The largest absolute Gasteiger partial charge is 0.494 e. The van der Waals surface area contributed by atoms with Crippen molar-refractivity contribution in [1.82, 2.24) is 15.0 Å². The van der Waals surface area contributed by atoms with Crippen LogP contribution in [-0.4, -0.2) is 39.5 Å². The number of carbonyl (C=O) groups is 2. The van der Waals surface area contributed by atoms with Crippen LogP contribution in [0.5, 0.6) is 5.75 Å². The van der Waals surface area contributed by atoms with Gasteiger partial charge in [-0.25, -0.2) is 4.79 Å². The van der Waals surface area contributed by atoms with E-state index in [1.807, 2.05) is 37.3 Å². The summed E-state index contributed by atoms with van der Waals surface area (Å²) in [5.41, 5.74) is 1.67. The molecule has 0 radical (unpaired) electrons. The van der Waals surface area contributed by atoms with Gasteiger partial charge in [0.25, 0.3) is 0 Å². The van der Waals surface area contributed by atoms with Crippen LogP contribution in [0.4, 0.5) is 0 Å². The molecule has 3 rings (SSSR count). The van der Waals surface area contributed by atoms with Gasteiger partial charge >= 0.3 is 5.97 Å². The summed E-state index contributed by atoms with van der Waals surface area (Å²) in [6.45, 7) is 5.64. The smallest absolute Gasteiger partial charge is 0.361 e. The minimum absolute atomic E-state index is 0.0789. The van der Waals surface area contributed by atoms with Gasteiger partial charge in [-0.1, -0.05) is 18.2 Å². The molecule has 1 heterocycles. The molecule has 1 aromatic heterocycles. The number of rotatable bonds is 7. The van der Waals surface area contributed by atoms with Crippen molar-refractivity contribution in [2.45, 2.75) is 26.9 Å². The van der Waals surface area contributed by atoms with Crippen molar-refractivity contribution in [3.8, 4) is 11.4 Å². The van der Waals surface area contributed by atoms with Crippen molar-refractivity contribution < 1.29 is 19.1 Å². The van der Waals surface area contributed by atoms with E-state index in [1.54, 1.807) is 31.2 Å². The van der Waals surface area contributed by atoms with Gasteiger partial charge in [0.15, 0.2) is 11.8 Å². The Kier molecular flexibility index (Phi) is 5.84. The molecule has 0 saturated heterocycles. The number of para-hydroxylation sites is 1. The molecule has 2 aromatic carbocycles. The Morgan fingerprint density at radius 3 is 2.36 bits per heavy atom. The minimum Gasteiger partial charge on any atom is -0.494 e. The lowest BCUT2D eigenvalue weighted by Crippen LogP contribution is -2.25. The fourth-order valence-corrected chi connectivity index (χ4v) is 2.63. The van der Waals surface area contributed by atoms with E-state index in [9.17, 15) is 9.59 Å². The van der Waals surface area contributed by atoms with Gasteiger partial charge in [0.05, 0.1) is 18.0 Å². The summed E-state index contributed by atoms with van der Waals surface area (Å²) in [4.78, 5) is 26.4. The number of aryl methyl sites for hydroxylation is 1. The second-order valence-corrected chi connectivity index (χ2v) is 6.13. The average Bonchev–Trinajstić information content (AvgIpc) is 3.11. The molecule has 28 heavy (non-hydrogen) atoms. The van der Waals surface area contributed by atoms with Crippen molar-refractivity contribution in [1.29, 1.82) is 0 Å². The normalized spacial score (nSPS) is 11.7. The van der Waals surface area contributed by atoms with Gasteiger partial charge in [0, 0.05) is 5.56 Å². The average molecular weight is 379 g/mol. The standard InChI is InChI=1S/C21H21N3O4/c1-4-27-18-12-10-16(11-13-18)20(25)15(3)28-21(26)19-14(2)22-24(23-19)17-8-6-5-7-9-17/h5-13,15H,4H2,1-3H3/t15-/m0/s1. The second-order valence-electron chi connectivity index (χ2n) is 6.13. The number of hydrogen-bond donors (Lipinski definition) is 0. The molecule has 1 atom stereocenters. The number of aromatic nitrogens is 3. The van der Waals surface area contributed by atoms with Gasteiger partial charge in [0.2, 0.25) is 5.78 Å². The van der Waals surface area contributed by atoms with Gasteiger partial charge in [-0.2, -0.15) is 9.90 Å². The predicted octanol–water partition coefficient (Wildman–Crippen LogP) is 3.40. The zero-order valence-electron chi connectivity index (χ0n) is 16.0. The van der Waals surface area contributed by atoms with Crippen molar-refractivity contribution in [2.24, 2.45) is 0 Å². The highest BCUT2D eigenvalue weighted by Gasteiger charge is 2.24. The molecule has 0 aliphatic rings. The van der Waals surface area contributed by atoms with Crippen LogP contribution >= 0.6 is 0 Å². The Hall–Kier alpha value is -3.48. The molecular weight excluding hydrogens is 358 g/mol. The number of hydrogen-bond acceptors (Lipinski definition) is 6. The summed E-state index contributed by atoms with van der Waals surface area (Å²) in [7, 11) is 0. The molecule has 7 heteroatoms. The third-order valence-electron chi connectivity index (χ3n) is 4.07. The number of nitrogens with zero attached hydrogens (tertiary/aromatic N) is 3. The van der Waals surface area contributed by atoms with E-state index in [2.05, 4.69) is 10.2 Å². The number of benzene rings is 2. The summed E-state index contributed by atoms with van der Waals surface area (Å²) in [5.74, 6) is -0.312. The Bertz CT molecular complexity index is 965. The number of ketones is 1. The van der Waals surface area contributed by atoms with Crippen LogP contribution in [-0.2, 0) is 4.74 Å².